The standard InChI is InChI=1S/C14H14F2N4O3S2/c15-13(16)25(22,23)11-5-1-9(2-6-11)18-12(21)7-24-14-19-17-8-20(14)10-3-4-10/h1-2,5-6,8,10,13H,3-4,7H2,(H,18,21). The topological polar surface area (TPSA) is 93.9 Å². The largest absolute Gasteiger partial charge is 0.341 e. The zero-order valence-corrected chi connectivity index (χ0v) is 14.4. The molecule has 0 unspecified atom stereocenters. The third kappa shape index (κ3) is 4.15. The van der Waals surface area contributed by atoms with Crippen molar-refractivity contribution in [2.75, 3.05) is 11.1 Å². The van der Waals surface area contributed by atoms with Crippen molar-refractivity contribution >= 4 is 33.2 Å². The first-order valence-corrected chi connectivity index (χ1v) is 9.85. The number of hydrogen-bond acceptors (Lipinski definition) is 6. The van der Waals surface area contributed by atoms with Gasteiger partial charge >= 0.3 is 5.76 Å². The minimum absolute atomic E-state index is 0.0997. The second-order valence-corrected chi connectivity index (χ2v) is 8.28. The van der Waals surface area contributed by atoms with Gasteiger partial charge in [-0.25, -0.2) is 8.42 Å². The van der Waals surface area contributed by atoms with E-state index in [0.29, 0.717) is 16.9 Å². The number of nitrogens with zero attached hydrogens (tertiary/aromatic N) is 3. The summed E-state index contributed by atoms with van der Waals surface area (Å²) in [5.41, 5.74) is 0.322. The van der Waals surface area contributed by atoms with Crippen LogP contribution in [0.1, 0.15) is 18.9 Å². The molecule has 11 heteroatoms. The molecule has 134 valence electrons. The normalized spacial score (nSPS) is 14.7. The lowest BCUT2D eigenvalue weighted by molar-refractivity contribution is -0.113. The fourth-order valence-corrected chi connectivity index (χ4v) is 3.60. The van der Waals surface area contributed by atoms with Crippen molar-refractivity contribution in [2.24, 2.45) is 0 Å². The summed E-state index contributed by atoms with van der Waals surface area (Å²) >= 11 is 1.24. The molecule has 1 N–H and O–H groups in total. The van der Waals surface area contributed by atoms with Crippen LogP contribution >= 0.6 is 11.8 Å². The molecule has 1 fully saturated rings. The Morgan fingerprint density at radius 2 is 2.00 bits per heavy atom. The number of rotatable bonds is 7. The molecule has 0 saturated heterocycles. The van der Waals surface area contributed by atoms with Crippen LogP contribution in [-0.4, -0.2) is 40.6 Å². The van der Waals surface area contributed by atoms with Crippen LogP contribution in [0.3, 0.4) is 0 Å². The highest BCUT2D eigenvalue weighted by Crippen LogP contribution is 2.37. The first-order chi connectivity index (χ1) is 11.9. The number of alkyl halides is 2. The lowest BCUT2D eigenvalue weighted by Crippen LogP contribution is -2.15. The molecule has 0 bridgehead atoms. The van der Waals surface area contributed by atoms with Gasteiger partial charge in [-0.2, -0.15) is 8.78 Å². The number of amides is 1. The van der Waals surface area contributed by atoms with E-state index in [1.165, 1.54) is 23.9 Å². The number of hydrogen-bond donors (Lipinski definition) is 1. The van der Waals surface area contributed by atoms with E-state index < -0.39 is 20.5 Å². The number of nitrogens with one attached hydrogen (secondary N) is 1. The quantitative estimate of drug-likeness (QED) is 0.732. The van der Waals surface area contributed by atoms with E-state index >= 15 is 0 Å². The van der Waals surface area contributed by atoms with Gasteiger partial charge in [0, 0.05) is 11.7 Å². The van der Waals surface area contributed by atoms with Crippen LogP contribution in [0.4, 0.5) is 14.5 Å². The van der Waals surface area contributed by atoms with E-state index in [1.807, 2.05) is 4.57 Å². The zero-order valence-electron chi connectivity index (χ0n) is 12.8. The summed E-state index contributed by atoms with van der Waals surface area (Å²) in [4.78, 5) is 11.5. The number of halogens is 2. The summed E-state index contributed by atoms with van der Waals surface area (Å²) in [6, 6.07) is 5.02. The first-order valence-electron chi connectivity index (χ1n) is 7.32. The number of anilines is 1. The fraction of sp³-hybridized carbons (Fsp3) is 0.357. The third-order valence-electron chi connectivity index (χ3n) is 3.51. The smallest absolute Gasteiger partial charge is 0.325 e. The van der Waals surface area contributed by atoms with Crippen molar-refractivity contribution in [1.82, 2.24) is 14.8 Å². The Morgan fingerprint density at radius 1 is 1.32 bits per heavy atom. The van der Waals surface area contributed by atoms with Gasteiger partial charge in [0.25, 0.3) is 0 Å². The Balaban J connectivity index is 1.57. The van der Waals surface area contributed by atoms with Crippen LogP contribution < -0.4 is 5.32 Å². The lowest BCUT2D eigenvalue weighted by Gasteiger charge is -2.07. The Hall–Kier alpha value is -2.01. The summed E-state index contributed by atoms with van der Waals surface area (Å²) in [5, 5.41) is 11.0. The predicted molar refractivity (Wildman–Crippen MR) is 87.3 cm³/mol. The number of aromatic nitrogens is 3. The summed E-state index contributed by atoms with van der Waals surface area (Å²) in [6.45, 7) is 0. The van der Waals surface area contributed by atoms with Crippen molar-refractivity contribution in [3.63, 3.8) is 0 Å². The molecule has 1 aromatic heterocycles. The summed E-state index contributed by atoms with van der Waals surface area (Å²) < 4.78 is 49.5. The van der Waals surface area contributed by atoms with Crippen molar-refractivity contribution in [3.8, 4) is 0 Å². The third-order valence-corrected chi connectivity index (χ3v) is 5.87. The molecule has 3 rings (SSSR count). The predicted octanol–water partition coefficient (Wildman–Crippen LogP) is 2.34. The Labute approximate surface area is 146 Å². The molecular weight excluding hydrogens is 374 g/mol. The van der Waals surface area contributed by atoms with Crippen LogP contribution in [0.2, 0.25) is 0 Å². The van der Waals surface area contributed by atoms with E-state index in [9.17, 15) is 22.0 Å². The average Bonchev–Trinajstić information content (AvgIpc) is 3.31. The van der Waals surface area contributed by atoms with Gasteiger partial charge in [-0.1, -0.05) is 11.8 Å². The van der Waals surface area contributed by atoms with E-state index in [0.717, 1.165) is 25.0 Å². The number of carbonyl (C=O) groups excluding carboxylic acids is 1. The van der Waals surface area contributed by atoms with Crippen LogP contribution in [0, 0.1) is 0 Å². The Morgan fingerprint density at radius 3 is 2.60 bits per heavy atom. The lowest BCUT2D eigenvalue weighted by atomic mass is 10.3. The van der Waals surface area contributed by atoms with E-state index in [1.54, 1.807) is 6.33 Å². The molecule has 0 atom stereocenters. The van der Waals surface area contributed by atoms with Crippen molar-refractivity contribution in [3.05, 3.63) is 30.6 Å². The molecule has 1 saturated carbocycles. The van der Waals surface area contributed by atoms with E-state index in [4.69, 9.17) is 0 Å². The molecule has 1 aromatic carbocycles. The summed E-state index contributed by atoms with van der Waals surface area (Å²) in [5.74, 6) is -3.70. The van der Waals surface area contributed by atoms with Gasteiger partial charge in [-0.05, 0) is 37.1 Å². The Bertz CT molecular complexity index is 864. The van der Waals surface area contributed by atoms with Crippen LogP contribution in [0.15, 0.2) is 40.6 Å². The van der Waals surface area contributed by atoms with E-state index in [-0.39, 0.29) is 11.7 Å². The molecule has 1 heterocycles. The molecule has 1 aliphatic rings. The number of carbonyl (C=O) groups is 1. The summed E-state index contributed by atoms with van der Waals surface area (Å²) in [7, 11) is -4.64. The highest BCUT2D eigenvalue weighted by molar-refractivity contribution is 7.99. The van der Waals surface area contributed by atoms with Crippen LogP contribution in [-0.2, 0) is 14.6 Å². The van der Waals surface area contributed by atoms with Gasteiger partial charge in [-0.3, -0.25) is 4.79 Å². The van der Waals surface area contributed by atoms with Crippen molar-refractivity contribution in [2.45, 2.75) is 34.7 Å². The highest BCUT2D eigenvalue weighted by atomic mass is 32.2. The van der Waals surface area contributed by atoms with Gasteiger partial charge in [0.15, 0.2) is 5.16 Å². The summed E-state index contributed by atoms with van der Waals surface area (Å²) in [6.07, 6.45) is 3.79. The maximum absolute atomic E-state index is 12.5. The minimum atomic E-state index is -4.64. The van der Waals surface area contributed by atoms with Crippen LogP contribution in [0.25, 0.3) is 0 Å². The maximum atomic E-state index is 12.5. The molecular formula is C14H14F2N4O3S2. The van der Waals surface area contributed by atoms with Gasteiger partial charge in [0.2, 0.25) is 15.7 Å². The molecule has 1 amide bonds. The number of sulfone groups is 1. The van der Waals surface area contributed by atoms with Crippen LogP contribution in [0.5, 0.6) is 0 Å². The SMILES string of the molecule is O=C(CSc1nncn1C1CC1)Nc1ccc(S(=O)(=O)C(F)F)cc1. The molecule has 7 nitrogen and oxygen atoms in total. The second kappa shape index (κ2) is 7.08. The zero-order chi connectivity index (χ0) is 18.0. The number of thioether (sulfide) groups is 1. The molecule has 0 radical (unpaired) electrons. The molecule has 1 aliphatic carbocycles. The monoisotopic (exact) mass is 388 g/mol. The fourth-order valence-electron chi connectivity index (χ4n) is 2.10. The van der Waals surface area contributed by atoms with Gasteiger partial charge in [-0.15, -0.1) is 10.2 Å². The molecule has 0 aliphatic heterocycles. The minimum Gasteiger partial charge on any atom is -0.325 e. The number of benzene rings is 1. The average molecular weight is 388 g/mol. The molecule has 25 heavy (non-hydrogen) atoms. The van der Waals surface area contributed by atoms with Crippen molar-refractivity contribution in [1.29, 1.82) is 0 Å². The van der Waals surface area contributed by atoms with Gasteiger partial charge < -0.3 is 9.88 Å². The van der Waals surface area contributed by atoms with Crippen molar-refractivity contribution < 1.29 is 22.0 Å². The van der Waals surface area contributed by atoms with E-state index in [2.05, 4.69) is 15.5 Å². The van der Waals surface area contributed by atoms with Gasteiger partial charge in [0.05, 0.1) is 10.6 Å². The maximum Gasteiger partial charge on any atom is 0.341 e. The highest BCUT2D eigenvalue weighted by Gasteiger charge is 2.27. The van der Waals surface area contributed by atoms with Gasteiger partial charge in [0.1, 0.15) is 6.33 Å². The molecule has 2 aromatic rings. The first kappa shape index (κ1) is 17.8. The molecule has 0 spiro atoms. The Kier molecular flexibility index (Phi) is 5.04. The second-order valence-electron chi connectivity index (χ2n) is 5.42.